The summed E-state index contributed by atoms with van der Waals surface area (Å²) in [5.41, 5.74) is 1.34. The average Bonchev–Trinajstić information content (AvgIpc) is 2.79. The Kier molecular flexibility index (Phi) is 3.85. The van der Waals surface area contributed by atoms with Crippen molar-refractivity contribution < 1.29 is 4.74 Å². The van der Waals surface area contributed by atoms with Crippen molar-refractivity contribution in [2.24, 2.45) is 0 Å². The Balaban J connectivity index is 2.06. The molecule has 1 heterocycles. The molecule has 0 saturated carbocycles. The number of methoxy groups -OCH3 is 1. The molecule has 0 amide bonds. The highest BCUT2D eigenvalue weighted by molar-refractivity contribution is 5.15. The number of ether oxygens (including phenoxy) is 1. The Morgan fingerprint density at radius 3 is 2.65 bits per heavy atom. The van der Waals surface area contributed by atoms with Crippen molar-refractivity contribution in [3.63, 3.8) is 0 Å². The molecular formula is C15H23NO. The first-order chi connectivity index (χ1) is 8.13. The van der Waals surface area contributed by atoms with E-state index in [1.807, 2.05) is 7.11 Å². The molecule has 1 atom stereocenters. The van der Waals surface area contributed by atoms with Gasteiger partial charge in [0.25, 0.3) is 0 Å². The van der Waals surface area contributed by atoms with Crippen LogP contribution in [0.4, 0.5) is 0 Å². The summed E-state index contributed by atoms with van der Waals surface area (Å²) in [7, 11) is 1.82. The molecule has 1 aromatic carbocycles. The van der Waals surface area contributed by atoms with Gasteiger partial charge in [-0.15, -0.1) is 0 Å². The van der Waals surface area contributed by atoms with Gasteiger partial charge in [-0.3, -0.25) is 4.90 Å². The lowest BCUT2D eigenvalue weighted by molar-refractivity contribution is -0.0420. The van der Waals surface area contributed by atoms with Crippen molar-refractivity contribution >= 4 is 0 Å². The van der Waals surface area contributed by atoms with Crippen LogP contribution in [-0.2, 0) is 11.3 Å². The third-order valence-electron chi connectivity index (χ3n) is 3.92. The van der Waals surface area contributed by atoms with Crippen LogP contribution in [0.2, 0.25) is 0 Å². The molecule has 1 saturated heterocycles. The van der Waals surface area contributed by atoms with E-state index in [9.17, 15) is 0 Å². The summed E-state index contributed by atoms with van der Waals surface area (Å²) in [6.45, 7) is 6.62. The monoisotopic (exact) mass is 233 g/mol. The highest BCUT2D eigenvalue weighted by Gasteiger charge is 2.37. The zero-order valence-electron chi connectivity index (χ0n) is 11.1. The molecule has 0 bridgehead atoms. The van der Waals surface area contributed by atoms with Crippen LogP contribution in [0.3, 0.4) is 0 Å². The van der Waals surface area contributed by atoms with E-state index in [4.69, 9.17) is 4.74 Å². The molecule has 1 unspecified atom stereocenters. The summed E-state index contributed by atoms with van der Waals surface area (Å²) in [5.74, 6) is 0. The van der Waals surface area contributed by atoms with E-state index in [-0.39, 0.29) is 5.60 Å². The van der Waals surface area contributed by atoms with E-state index in [0.29, 0.717) is 6.04 Å². The molecule has 0 aliphatic carbocycles. The topological polar surface area (TPSA) is 12.5 Å². The molecule has 0 spiro atoms. The minimum atomic E-state index is -0.0503. The lowest BCUT2D eigenvalue weighted by atomic mass is 9.96. The average molecular weight is 233 g/mol. The van der Waals surface area contributed by atoms with Crippen LogP contribution in [0.5, 0.6) is 0 Å². The van der Waals surface area contributed by atoms with Crippen LogP contribution in [0, 0.1) is 0 Å². The van der Waals surface area contributed by atoms with Gasteiger partial charge in [0, 0.05) is 19.7 Å². The van der Waals surface area contributed by atoms with Crippen LogP contribution in [0.15, 0.2) is 30.3 Å². The van der Waals surface area contributed by atoms with Crippen molar-refractivity contribution in [2.45, 2.75) is 44.9 Å². The second-order valence-electron chi connectivity index (χ2n) is 5.42. The Bertz CT molecular complexity index is 347. The Morgan fingerprint density at radius 1 is 1.29 bits per heavy atom. The molecule has 0 radical (unpaired) electrons. The Labute approximate surface area is 105 Å². The van der Waals surface area contributed by atoms with Crippen molar-refractivity contribution in [3.8, 4) is 0 Å². The summed E-state index contributed by atoms with van der Waals surface area (Å²) in [6, 6.07) is 11.2. The normalized spacial score (nSPS) is 21.9. The Hall–Kier alpha value is -0.860. The summed E-state index contributed by atoms with van der Waals surface area (Å²) in [5, 5.41) is 0. The minimum absolute atomic E-state index is 0.0503. The largest absolute Gasteiger partial charge is 0.377 e. The van der Waals surface area contributed by atoms with E-state index >= 15 is 0 Å². The minimum Gasteiger partial charge on any atom is -0.377 e. The van der Waals surface area contributed by atoms with Gasteiger partial charge >= 0.3 is 0 Å². The zero-order valence-corrected chi connectivity index (χ0v) is 11.1. The Morgan fingerprint density at radius 2 is 2.00 bits per heavy atom. The fourth-order valence-corrected chi connectivity index (χ4v) is 2.76. The summed E-state index contributed by atoms with van der Waals surface area (Å²) < 4.78 is 5.65. The lowest BCUT2D eigenvalue weighted by Gasteiger charge is -2.36. The standard InChI is InChI=1S/C15H23NO/c1-15(2,17-3)14-10-7-11-16(14)12-13-8-5-4-6-9-13/h4-6,8-9,14H,7,10-12H2,1-3H3. The molecule has 1 aliphatic rings. The number of likely N-dealkylation sites (tertiary alicyclic amines) is 1. The predicted octanol–water partition coefficient (Wildman–Crippen LogP) is 3.08. The number of hydrogen-bond acceptors (Lipinski definition) is 2. The fourth-order valence-electron chi connectivity index (χ4n) is 2.76. The molecule has 1 fully saturated rings. The van der Waals surface area contributed by atoms with Gasteiger partial charge in [-0.25, -0.2) is 0 Å². The molecular weight excluding hydrogens is 210 g/mol. The summed E-state index contributed by atoms with van der Waals surface area (Å²) >= 11 is 0. The second kappa shape index (κ2) is 5.19. The van der Waals surface area contributed by atoms with Crippen LogP contribution < -0.4 is 0 Å². The van der Waals surface area contributed by atoms with Crippen LogP contribution >= 0.6 is 0 Å². The van der Waals surface area contributed by atoms with Crippen molar-refractivity contribution in [3.05, 3.63) is 35.9 Å². The van der Waals surface area contributed by atoms with E-state index in [2.05, 4.69) is 49.1 Å². The molecule has 1 aliphatic heterocycles. The van der Waals surface area contributed by atoms with Gasteiger partial charge in [-0.2, -0.15) is 0 Å². The van der Waals surface area contributed by atoms with E-state index < -0.39 is 0 Å². The fraction of sp³-hybridized carbons (Fsp3) is 0.600. The number of hydrogen-bond donors (Lipinski definition) is 0. The maximum Gasteiger partial charge on any atom is 0.0777 e. The number of nitrogens with zero attached hydrogens (tertiary/aromatic N) is 1. The van der Waals surface area contributed by atoms with Crippen molar-refractivity contribution in [2.75, 3.05) is 13.7 Å². The lowest BCUT2D eigenvalue weighted by Crippen LogP contribution is -2.46. The second-order valence-corrected chi connectivity index (χ2v) is 5.42. The SMILES string of the molecule is COC(C)(C)C1CCCN1Cc1ccccc1. The quantitative estimate of drug-likeness (QED) is 0.792. The molecule has 0 N–H and O–H groups in total. The maximum atomic E-state index is 5.65. The van der Waals surface area contributed by atoms with Gasteiger partial charge in [0.1, 0.15) is 0 Å². The van der Waals surface area contributed by atoms with Gasteiger partial charge in [0.05, 0.1) is 5.60 Å². The molecule has 17 heavy (non-hydrogen) atoms. The molecule has 2 nitrogen and oxygen atoms in total. The van der Waals surface area contributed by atoms with Gasteiger partial charge in [-0.1, -0.05) is 30.3 Å². The first-order valence-corrected chi connectivity index (χ1v) is 6.46. The first-order valence-electron chi connectivity index (χ1n) is 6.46. The van der Waals surface area contributed by atoms with Crippen molar-refractivity contribution in [1.29, 1.82) is 0 Å². The zero-order chi connectivity index (χ0) is 12.3. The van der Waals surface area contributed by atoms with E-state index in [0.717, 1.165) is 6.54 Å². The summed E-state index contributed by atoms with van der Waals surface area (Å²) in [4.78, 5) is 2.55. The molecule has 0 aromatic heterocycles. The molecule has 2 heteroatoms. The highest BCUT2D eigenvalue weighted by Crippen LogP contribution is 2.30. The molecule has 1 aromatic rings. The highest BCUT2D eigenvalue weighted by atomic mass is 16.5. The van der Waals surface area contributed by atoms with Gasteiger partial charge in [0.15, 0.2) is 0 Å². The smallest absolute Gasteiger partial charge is 0.0777 e. The van der Waals surface area contributed by atoms with Crippen LogP contribution in [0.25, 0.3) is 0 Å². The van der Waals surface area contributed by atoms with Gasteiger partial charge < -0.3 is 4.74 Å². The van der Waals surface area contributed by atoms with Gasteiger partial charge in [-0.05, 0) is 38.8 Å². The van der Waals surface area contributed by atoms with E-state index in [1.54, 1.807) is 0 Å². The first kappa shape index (κ1) is 12.6. The predicted molar refractivity (Wildman–Crippen MR) is 71.0 cm³/mol. The van der Waals surface area contributed by atoms with Crippen LogP contribution in [-0.4, -0.2) is 30.2 Å². The number of rotatable bonds is 4. The van der Waals surface area contributed by atoms with E-state index in [1.165, 1.54) is 24.9 Å². The third-order valence-corrected chi connectivity index (χ3v) is 3.92. The summed E-state index contributed by atoms with van der Waals surface area (Å²) in [6.07, 6.45) is 2.53. The maximum absolute atomic E-state index is 5.65. The van der Waals surface area contributed by atoms with Crippen molar-refractivity contribution in [1.82, 2.24) is 4.90 Å². The van der Waals surface area contributed by atoms with Crippen LogP contribution in [0.1, 0.15) is 32.3 Å². The third kappa shape index (κ3) is 2.88. The molecule has 2 rings (SSSR count). The number of benzene rings is 1. The molecule has 94 valence electrons. The van der Waals surface area contributed by atoms with Gasteiger partial charge in [0.2, 0.25) is 0 Å².